The van der Waals surface area contributed by atoms with E-state index in [0.717, 1.165) is 18.7 Å². The molecule has 1 aromatic carbocycles. The zero-order chi connectivity index (χ0) is 14.0. The second-order valence-electron chi connectivity index (χ2n) is 5.88. The van der Waals surface area contributed by atoms with Crippen molar-refractivity contribution in [2.24, 2.45) is 5.73 Å². The molecule has 0 saturated carbocycles. The summed E-state index contributed by atoms with van der Waals surface area (Å²) in [6.45, 7) is 8.79. The van der Waals surface area contributed by atoms with E-state index >= 15 is 0 Å². The van der Waals surface area contributed by atoms with E-state index in [1.165, 1.54) is 12.1 Å². The van der Waals surface area contributed by atoms with Gasteiger partial charge in [-0.3, -0.25) is 4.90 Å². The van der Waals surface area contributed by atoms with Gasteiger partial charge in [-0.25, -0.2) is 4.39 Å². The molecule has 1 aliphatic rings. The highest BCUT2D eigenvalue weighted by Crippen LogP contribution is 2.27. The molecule has 19 heavy (non-hydrogen) atoms. The Morgan fingerprint density at radius 3 is 2.53 bits per heavy atom. The van der Waals surface area contributed by atoms with Crippen LogP contribution < -0.4 is 5.73 Å². The van der Waals surface area contributed by atoms with Crippen LogP contribution in [0, 0.1) is 5.82 Å². The van der Waals surface area contributed by atoms with Crippen LogP contribution in [0.4, 0.5) is 4.39 Å². The van der Waals surface area contributed by atoms with Crippen molar-refractivity contribution in [3.8, 4) is 0 Å². The van der Waals surface area contributed by atoms with Gasteiger partial charge in [0, 0.05) is 24.2 Å². The lowest BCUT2D eigenvalue weighted by Gasteiger charge is -2.47. The van der Waals surface area contributed by atoms with E-state index in [1.807, 2.05) is 0 Å². The standard InChI is InChI=1S/C15H23FN2O/c1-11(18-8-9-19-10-15(18,2)3)14(17)12-4-6-13(16)7-5-12/h4-7,11,14H,8-10,17H2,1-3H3. The number of rotatable bonds is 3. The summed E-state index contributed by atoms with van der Waals surface area (Å²) in [5.74, 6) is -0.227. The molecule has 0 aromatic heterocycles. The molecule has 106 valence electrons. The number of ether oxygens (including phenoxy) is 1. The van der Waals surface area contributed by atoms with Crippen LogP contribution in [-0.4, -0.2) is 36.2 Å². The van der Waals surface area contributed by atoms with Crippen LogP contribution in [0.5, 0.6) is 0 Å². The lowest BCUT2D eigenvalue weighted by molar-refractivity contribution is -0.0730. The molecule has 2 rings (SSSR count). The molecular formula is C15H23FN2O. The summed E-state index contributed by atoms with van der Waals surface area (Å²) >= 11 is 0. The summed E-state index contributed by atoms with van der Waals surface area (Å²) in [5.41, 5.74) is 7.29. The fourth-order valence-corrected chi connectivity index (χ4v) is 2.78. The average Bonchev–Trinajstić information content (AvgIpc) is 2.37. The van der Waals surface area contributed by atoms with Gasteiger partial charge in [-0.1, -0.05) is 12.1 Å². The third-order valence-electron chi connectivity index (χ3n) is 3.98. The van der Waals surface area contributed by atoms with Crippen molar-refractivity contribution in [1.29, 1.82) is 0 Å². The molecule has 1 heterocycles. The zero-order valence-electron chi connectivity index (χ0n) is 11.9. The molecule has 1 aromatic rings. The molecule has 1 saturated heterocycles. The van der Waals surface area contributed by atoms with Gasteiger partial charge in [0.2, 0.25) is 0 Å². The molecule has 4 heteroatoms. The topological polar surface area (TPSA) is 38.5 Å². The first-order chi connectivity index (χ1) is 8.92. The maximum Gasteiger partial charge on any atom is 0.123 e. The SMILES string of the molecule is CC(C(N)c1ccc(F)cc1)N1CCOCC1(C)C. The van der Waals surface area contributed by atoms with Gasteiger partial charge in [-0.2, -0.15) is 0 Å². The van der Waals surface area contributed by atoms with Crippen molar-refractivity contribution >= 4 is 0 Å². The van der Waals surface area contributed by atoms with Gasteiger partial charge in [0.25, 0.3) is 0 Å². The first kappa shape index (κ1) is 14.4. The second-order valence-corrected chi connectivity index (χ2v) is 5.88. The minimum atomic E-state index is -0.227. The minimum Gasteiger partial charge on any atom is -0.378 e. The second kappa shape index (κ2) is 5.57. The summed E-state index contributed by atoms with van der Waals surface area (Å²) in [6, 6.07) is 6.52. The zero-order valence-corrected chi connectivity index (χ0v) is 11.9. The first-order valence-corrected chi connectivity index (χ1v) is 6.77. The Labute approximate surface area is 114 Å². The van der Waals surface area contributed by atoms with Crippen molar-refractivity contribution in [2.75, 3.05) is 19.8 Å². The maximum atomic E-state index is 13.0. The van der Waals surface area contributed by atoms with Gasteiger partial charge in [-0.05, 0) is 38.5 Å². The number of halogens is 1. The minimum absolute atomic E-state index is 0.0185. The van der Waals surface area contributed by atoms with Gasteiger partial charge in [0.1, 0.15) is 5.82 Å². The third kappa shape index (κ3) is 3.14. The van der Waals surface area contributed by atoms with E-state index in [0.29, 0.717) is 6.61 Å². The highest BCUT2D eigenvalue weighted by Gasteiger charge is 2.36. The van der Waals surface area contributed by atoms with Crippen LogP contribution in [0.1, 0.15) is 32.4 Å². The summed E-state index contributed by atoms with van der Waals surface area (Å²) in [4.78, 5) is 2.38. The molecular weight excluding hydrogens is 243 g/mol. The fraction of sp³-hybridized carbons (Fsp3) is 0.600. The molecule has 2 unspecified atom stereocenters. The number of hydrogen-bond acceptors (Lipinski definition) is 3. The van der Waals surface area contributed by atoms with E-state index < -0.39 is 0 Å². The first-order valence-electron chi connectivity index (χ1n) is 6.77. The molecule has 1 aliphatic heterocycles. The molecule has 2 atom stereocenters. The van der Waals surface area contributed by atoms with Crippen LogP contribution in [0.15, 0.2) is 24.3 Å². The van der Waals surface area contributed by atoms with Crippen LogP contribution >= 0.6 is 0 Å². The molecule has 0 spiro atoms. The summed E-state index contributed by atoms with van der Waals surface area (Å²) < 4.78 is 18.5. The van der Waals surface area contributed by atoms with E-state index in [9.17, 15) is 4.39 Å². The molecule has 0 aliphatic carbocycles. The van der Waals surface area contributed by atoms with Gasteiger partial charge < -0.3 is 10.5 Å². The lowest BCUT2D eigenvalue weighted by Crippen LogP contribution is -2.58. The van der Waals surface area contributed by atoms with Gasteiger partial charge in [0.15, 0.2) is 0 Å². The van der Waals surface area contributed by atoms with E-state index in [2.05, 4.69) is 25.7 Å². The summed E-state index contributed by atoms with van der Waals surface area (Å²) in [5, 5.41) is 0. The lowest BCUT2D eigenvalue weighted by atomic mass is 9.94. The molecule has 3 nitrogen and oxygen atoms in total. The molecule has 2 N–H and O–H groups in total. The largest absolute Gasteiger partial charge is 0.378 e. The van der Waals surface area contributed by atoms with E-state index in [4.69, 9.17) is 10.5 Å². The van der Waals surface area contributed by atoms with Crippen molar-refractivity contribution < 1.29 is 9.13 Å². The summed E-state index contributed by atoms with van der Waals surface area (Å²) in [6.07, 6.45) is 0. The number of morpholine rings is 1. The monoisotopic (exact) mass is 266 g/mol. The fourth-order valence-electron chi connectivity index (χ4n) is 2.78. The van der Waals surface area contributed by atoms with E-state index in [1.54, 1.807) is 12.1 Å². The van der Waals surface area contributed by atoms with Crippen LogP contribution in [0.25, 0.3) is 0 Å². The number of benzene rings is 1. The van der Waals surface area contributed by atoms with Crippen LogP contribution in [0.2, 0.25) is 0 Å². The van der Waals surface area contributed by atoms with Crippen molar-refractivity contribution in [1.82, 2.24) is 4.90 Å². The predicted octanol–water partition coefficient (Wildman–Crippen LogP) is 2.32. The highest BCUT2D eigenvalue weighted by atomic mass is 19.1. The third-order valence-corrected chi connectivity index (χ3v) is 3.98. The maximum absolute atomic E-state index is 13.0. The Morgan fingerprint density at radius 2 is 1.95 bits per heavy atom. The number of hydrogen-bond donors (Lipinski definition) is 1. The number of nitrogens with two attached hydrogens (primary N) is 1. The van der Waals surface area contributed by atoms with Gasteiger partial charge in [0.05, 0.1) is 13.2 Å². The van der Waals surface area contributed by atoms with Crippen molar-refractivity contribution in [2.45, 2.75) is 38.4 Å². The highest BCUT2D eigenvalue weighted by molar-refractivity contribution is 5.21. The summed E-state index contributed by atoms with van der Waals surface area (Å²) in [7, 11) is 0. The molecule has 0 amide bonds. The normalized spacial score (nSPS) is 23.0. The Kier molecular flexibility index (Phi) is 4.23. The van der Waals surface area contributed by atoms with Crippen LogP contribution in [0.3, 0.4) is 0 Å². The molecule has 1 fully saturated rings. The Morgan fingerprint density at radius 1 is 1.32 bits per heavy atom. The average molecular weight is 266 g/mol. The van der Waals surface area contributed by atoms with Crippen molar-refractivity contribution in [3.05, 3.63) is 35.6 Å². The molecule has 0 radical (unpaired) electrons. The van der Waals surface area contributed by atoms with E-state index in [-0.39, 0.29) is 23.4 Å². The van der Waals surface area contributed by atoms with Gasteiger partial charge >= 0.3 is 0 Å². The Hall–Kier alpha value is -0.970. The quantitative estimate of drug-likeness (QED) is 0.912. The Balaban J connectivity index is 2.13. The Bertz CT molecular complexity index is 419. The molecule has 0 bridgehead atoms. The van der Waals surface area contributed by atoms with Crippen LogP contribution in [-0.2, 0) is 4.74 Å². The predicted molar refractivity (Wildman–Crippen MR) is 74.4 cm³/mol. The number of nitrogens with zero attached hydrogens (tertiary/aromatic N) is 1. The smallest absolute Gasteiger partial charge is 0.123 e. The van der Waals surface area contributed by atoms with Crippen molar-refractivity contribution in [3.63, 3.8) is 0 Å². The van der Waals surface area contributed by atoms with Gasteiger partial charge in [-0.15, -0.1) is 0 Å².